The van der Waals surface area contributed by atoms with E-state index in [4.69, 9.17) is 5.73 Å². The van der Waals surface area contributed by atoms with Crippen LogP contribution in [0.5, 0.6) is 0 Å². The zero-order chi connectivity index (χ0) is 12.1. The van der Waals surface area contributed by atoms with E-state index in [1.807, 2.05) is 25.1 Å². The molecule has 0 saturated heterocycles. The summed E-state index contributed by atoms with van der Waals surface area (Å²) in [5.41, 5.74) is 7.05. The van der Waals surface area contributed by atoms with E-state index < -0.39 is 6.10 Å². The van der Waals surface area contributed by atoms with Gasteiger partial charge in [0.1, 0.15) is 0 Å². The molecule has 3 atom stereocenters. The Labute approximate surface area is 106 Å². The fourth-order valence-electron chi connectivity index (χ4n) is 1.81. The Kier molecular flexibility index (Phi) is 5.46. The summed E-state index contributed by atoms with van der Waals surface area (Å²) in [5.74, 6) is 0.308. The third-order valence-corrected chi connectivity index (χ3v) is 3.72. The van der Waals surface area contributed by atoms with E-state index in [2.05, 4.69) is 28.9 Å². The molecule has 0 spiro atoms. The third kappa shape index (κ3) is 3.58. The number of aliphatic hydroxyl groups is 1. The van der Waals surface area contributed by atoms with Crippen molar-refractivity contribution >= 4 is 15.9 Å². The second-order valence-electron chi connectivity index (χ2n) is 4.30. The zero-order valence-corrected chi connectivity index (χ0v) is 11.4. The molecule has 0 fully saturated rings. The van der Waals surface area contributed by atoms with Crippen molar-refractivity contribution in [3.8, 4) is 0 Å². The fourth-order valence-corrected chi connectivity index (χ4v) is 2.49. The third-order valence-electron chi connectivity index (χ3n) is 3.00. The van der Waals surface area contributed by atoms with Crippen molar-refractivity contribution in [2.75, 3.05) is 0 Å². The van der Waals surface area contributed by atoms with Crippen molar-refractivity contribution in [1.29, 1.82) is 0 Å². The number of benzene rings is 1. The Balaban J connectivity index is 2.65. The molecule has 3 heteroatoms. The van der Waals surface area contributed by atoms with Gasteiger partial charge >= 0.3 is 0 Å². The lowest BCUT2D eigenvalue weighted by Gasteiger charge is -2.22. The van der Waals surface area contributed by atoms with Gasteiger partial charge in [-0.3, -0.25) is 0 Å². The highest BCUT2D eigenvalue weighted by Crippen LogP contribution is 2.28. The van der Waals surface area contributed by atoms with Gasteiger partial charge in [-0.25, -0.2) is 0 Å². The van der Waals surface area contributed by atoms with Gasteiger partial charge in [-0.15, -0.1) is 0 Å². The minimum atomic E-state index is -0.424. The SMILES string of the molecule is CCC(N)C(O)CC(C)c1ccccc1Br. The van der Waals surface area contributed by atoms with Crippen LogP contribution in [-0.4, -0.2) is 17.3 Å². The van der Waals surface area contributed by atoms with Gasteiger partial charge in [-0.05, 0) is 30.4 Å². The van der Waals surface area contributed by atoms with Gasteiger partial charge in [-0.2, -0.15) is 0 Å². The number of aliphatic hydroxyl groups excluding tert-OH is 1. The monoisotopic (exact) mass is 285 g/mol. The maximum absolute atomic E-state index is 9.90. The van der Waals surface area contributed by atoms with Crippen LogP contribution in [0.1, 0.15) is 38.2 Å². The van der Waals surface area contributed by atoms with Gasteiger partial charge in [0, 0.05) is 10.5 Å². The minimum absolute atomic E-state index is 0.120. The molecule has 0 saturated carbocycles. The van der Waals surface area contributed by atoms with E-state index in [9.17, 15) is 5.11 Å². The average molecular weight is 286 g/mol. The molecule has 0 aliphatic carbocycles. The molecule has 2 nitrogen and oxygen atoms in total. The number of nitrogens with two attached hydrogens (primary N) is 1. The lowest BCUT2D eigenvalue weighted by molar-refractivity contribution is 0.126. The van der Waals surface area contributed by atoms with E-state index in [0.717, 1.165) is 10.9 Å². The van der Waals surface area contributed by atoms with E-state index in [-0.39, 0.29) is 6.04 Å². The quantitative estimate of drug-likeness (QED) is 0.874. The molecule has 0 bridgehead atoms. The minimum Gasteiger partial charge on any atom is -0.391 e. The molecule has 3 N–H and O–H groups in total. The molecule has 16 heavy (non-hydrogen) atoms. The Morgan fingerprint density at radius 3 is 2.56 bits per heavy atom. The van der Waals surface area contributed by atoms with E-state index in [0.29, 0.717) is 12.3 Å². The highest BCUT2D eigenvalue weighted by atomic mass is 79.9. The molecule has 0 radical (unpaired) electrons. The summed E-state index contributed by atoms with van der Waals surface area (Å²) in [4.78, 5) is 0. The van der Waals surface area contributed by atoms with Gasteiger partial charge in [0.05, 0.1) is 6.10 Å². The predicted octanol–water partition coefficient (Wildman–Crippen LogP) is 3.04. The Hall–Kier alpha value is -0.380. The molecule has 0 amide bonds. The van der Waals surface area contributed by atoms with Crippen molar-refractivity contribution in [3.05, 3.63) is 34.3 Å². The summed E-state index contributed by atoms with van der Waals surface area (Å²) in [6, 6.07) is 8.00. The van der Waals surface area contributed by atoms with Crippen LogP contribution < -0.4 is 5.73 Å². The van der Waals surface area contributed by atoms with Crippen molar-refractivity contribution in [1.82, 2.24) is 0 Å². The van der Waals surface area contributed by atoms with Gasteiger partial charge in [0.25, 0.3) is 0 Å². The molecule has 3 unspecified atom stereocenters. The lowest BCUT2D eigenvalue weighted by Crippen LogP contribution is -2.34. The second kappa shape index (κ2) is 6.38. The van der Waals surface area contributed by atoms with Gasteiger partial charge in [0.2, 0.25) is 0 Å². The molecular weight excluding hydrogens is 266 g/mol. The van der Waals surface area contributed by atoms with Crippen molar-refractivity contribution in [2.45, 2.75) is 44.8 Å². The van der Waals surface area contributed by atoms with E-state index in [1.165, 1.54) is 5.56 Å². The first-order valence-electron chi connectivity index (χ1n) is 5.74. The van der Waals surface area contributed by atoms with Crippen LogP contribution >= 0.6 is 15.9 Å². The number of hydrogen-bond acceptors (Lipinski definition) is 2. The second-order valence-corrected chi connectivity index (χ2v) is 5.15. The fraction of sp³-hybridized carbons (Fsp3) is 0.538. The van der Waals surface area contributed by atoms with Gasteiger partial charge in [0.15, 0.2) is 0 Å². The van der Waals surface area contributed by atoms with Crippen molar-refractivity contribution in [3.63, 3.8) is 0 Å². The summed E-state index contributed by atoms with van der Waals surface area (Å²) in [5, 5.41) is 9.90. The highest BCUT2D eigenvalue weighted by molar-refractivity contribution is 9.10. The van der Waals surface area contributed by atoms with E-state index >= 15 is 0 Å². The van der Waals surface area contributed by atoms with Crippen LogP contribution in [0, 0.1) is 0 Å². The largest absolute Gasteiger partial charge is 0.391 e. The Morgan fingerprint density at radius 2 is 2.00 bits per heavy atom. The average Bonchev–Trinajstić information content (AvgIpc) is 2.28. The molecule has 1 aromatic carbocycles. The van der Waals surface area contributed by atoms with Crippen LogP contribution in [0.3, 0.4) is 0 Å². The Bertz CT molecular complexity index is 329. The molecule has 0 aromatic heterocycles. The summed E-state index contributed by atoms with van der Waals surface area (Å²) in [7, 11) is 0. The summed E-state index contributed by atoms with van der Waals surface area (Å²) < 4.78 is 1.10. The number of hydrogen-bond donors (Lipinski definition) is 2. The molecule has 0 heterocycles. The van der Waals surface area contributed by atoms with Crippen molar-refractivity contribution < 1.29 is 5.11 Å². The molecule has 1 aromatic rings. The van der Waals surface area contributed by atoms with Crippen LogP contribution in [0.2, 0.25) is 0 Å². The highest BCUT2D eigenvalue weighted by Gasteiger charge is 2.18. The molecule has 0 aliphatic heterocycles. The van der Waals surface area contributed by atoms with Crippen LogP contribution in [-0.2, 0) is 0 Å². The lowest BCUT2D eigenvalue weighted by atomic mass is 9.92. The first kappa shape index (κ1) is 13.7. The maximum atomic E-state index is 9.90. The predicted molar refractivity (Wildman–Crippen MR) is 71.4 cm³/mol. The van der Waals surface area contributed by atoms with Gasteiger partial charge < -0.3 is 10.8 Å². The Morgan fingerprint density at radius 1 is 1.38 bits per heavy atom. The number of halogens is 1. The van der Waals surface area contributed by atoms with Gasteiger partial charge in [-0.1, -0.05) is 48.0 Å². The normalized spacial score (nSPS) is 16.8. The topological polar surface area (TPSA) is 46.2 Å². The first-order chi connectivity index (χ1) is 7.56. The van der Waals surface area contributed by atoms with Crippen LogP contribution in [0.4, 0.5) is 0 Å². The summed E-state index contributed by atoms with van der Waals surface area (Å²) in [6.45, 7) is 4.11. The maximum Gasteiger partial charge on any atom is 0.0696 e. The smallest absolute Gasteiger partial charge is 0.0696 e. The standard InChI is InChI=1S/C13H20BrNO/c1-3-12(15)13(16)8-9(2)10-6-4-5-7-11(10)14/h4-7,9,12-13,16H,3,8,15H2,1-2H3. The first-order valence-corrected chi connectivity index (χ1v) is 6.53. The summed E-state index contributed by atoms with van der Waals surface area (Å²) >= 11 is 3.53. The van der Waals surface area contributed by atoms with Crippen LogP contribution in [0.25, 0.3) is 0 Å². The molecule has 1 rings (SSSR count). The molecule has 90 valence electrons. The van der Waals surface area contributed by atoms with Crippen molar-refractivity contribution in [2.24, 2.45) is 5.73 Å². The summed E-state index contributed by atoms with van der Waals surface area (Å²) in [6.07, 6.45) is 1.09. The van der Waals surface area contributed by atoms with E-state index in [1.54, 1.807) is 0 Å². The molecule has 0 aliphatic rings. The zero-order valence-electron chi connectivity index (χ0n) is 9.86. The van der Waals surface area contributed by atoms with Crippen LogP contribution in [0.15, 0.2) is 28.7 Å². The molecular formula is C13H20BrNO. The number of rotatable bonds is 5.